The smallest absolute Gasteiger partial charge is 0.227 e. The third-order valence-corrected chi connectivity index (χ3v) is 10.9. The van der Waals surface area contributed by atoms with Crippen LogP contribution in [0.25, 0.3) is 75.8 Å². The fourth-order valence-electron chi connectivity index (χ4n) is 7.31. The number of nitrogens with zero attached hydrogens (tertiary/aromatic N) is 1. The molecule has 1 atom stereocenters. The van der Waals surface area contributed by atoms with Crippen LogP contribution in [0.1, 0.15) is 22.6 Å². The number of hydrogen-bond acceptors (Lipinski definition) is 4. The van der Waals surface area contributed by atoms with Gasteiger partial charge >= 0.3 is 0 Å². The molecular formula is C45H29NO2S. The van der Waals surface area contributed by atoms with E-state index in [4.69, 9.17) is 13.8 Å². The molecule has 1 unspecified atom stereocenters. The number of fused-ring (bicyclic) bond motifs is 8. The van der Waals surface area contributed by atoms with Gasteiger partial charge in [0.25, 0.3) is 0 Å². The molecule has 3 heterocycles. The molecule has 49 heavy (non-hydrogen) atoms. The molecule has 0 aliphatic heterocycles. The Morgan fingerprint density at radius 2 is 1.24 bits per heavy atom. The Kier molecular flexibility index (Phi) is 6.49. The highest BCUT2D eigenvalue weighted by Gasteiger charge is 2.20. The predicted octanol–water partition coefficient (Wildman–Crippen LogP) is 12.8. The summed E-state index contributed by atoms with van der Waals surface area (Å²) in [6, 6.07) is 56.1. The fraction of sp³-hybridized carbons (Fsp3) is 0.0444. The molecule has 0 radical (unpaired) electrons. The molecule has 3 nitrogen and oxygen atoms in total. The Morgan fingerprint density at radius 1 is 0.490 bits per heavy atom. The lowest BCUT2D eigenvalue weighted by molar-refractivity contribution is 0.619. The molecule has 0 amide bonds. The van der Waals surface area contributed by atoms with Crippen molar-refractivity contribution < 1.29 is 8.83 Å². The van der Waals surface area contributed by atoms with Crippen LogP contribution < -0.4 is 0 Å². The lowest BCUT2D eigenvalue weighted by Gasteiger charge is -2.20. The quantitative estimate of drug-likeness (QED) is 0.180. The van der Waals surface area contributed by atoms with Crippen LogP contribution in [0.3, 0.4) is 0 Å². The molecule has 0 fully saturated rings. The van der Waals surface area contributed by atoms with Crippen molar-refractivity contribution in [1.29, 1.82) is 0 Å². The van der Waals surface area contributed by atoms with E-state index in [2.05, 4.69) is 127 Å². The average molecular weight is 648 g/mol. The molecule has 0 saturated carbocycles. The number of thiophene rings is 1. The van der Waals surface area contributed by atoms with Crippen LogP contribution in [0.15, 0.2) is 167 Å². The predicted molar refractivity (Wildman–Crippen MR) is 203 cm³/mol. The van der Waals surface area contributed by atoms with Crippen LogP contribution >= 0.6 is 11.3 Å². The van der Waals surface area contributed by atoms with Gasteiger partial charge in [0.15, 0.2) is 5.58 Å². The van der Waals surface area contributed by atoms with Gasteiger partial charge < -0.3 is 8.83 Å². The van der Waals surface area contributed by atoms with Gasteiger partial charge in [-0.15, -0.1) is 11.3 Å². The first-order valence-corrected chi connectivity index (χ1v) is 17.4. The van der Waals surface area contributed by atoms with Crippen LogP contribution in [0.5, 0.6) is 0 Å². The topological polar surface area (TPSA) is 39.2 Å². The lowest BCUT2D eigenvalue weighted by Crippen LogP contribution is -2.05. The highest BCUT2D eigenvalue weighted by atomic mass is 32.1. The number of rotatable bonds is 6. The maximum Gasteiger partial charge on any atom is 0.227 e. The van der Waals surface area contributed by atoms with Crippen LogP contribution in [0, 0.1) is 0 Å². The van der Waals surface area contributed by atoms with Crippen LogP contribution in [-0.2, 0) is 6.42 Å². The second-order valence-electron chi connectivity index (χ2n) is 12.7. The molecule has 0 saturated heterocycles. The van der Waals surface area contributed by atoms with Crippen molar-refractivity contribution in [2.45, 2.75) is 12.3 Å². The van der Waals surface area contributed by atoms with Crippen LogP contribution in [0.2, 0.25) is 0 Å². The van der Waals surface area contributed by atoms with Gasteiger partial charge in [-0.1, -0.05) is 115 Å². The summed E-state index contributed by atoms with van der Waals surface area (Å²) in [5.74, 6) is 0.766. The normalized spacial score (nSPS) is 12.5. The standard InChI is InChI=1S/C45H29NO2S/c1-2-9-29(10-3-1)32-11-8-12-33(27-32)37(25-28-17-22-35-34-13-5-7-16-41(34)49-42(35)26-28)30-18-20-31(21-19-30)45-46-44-40(48-45)24-23-39-43(44)36-14-4-6-15-38(36)47-39/h1-24,26-27,37H,25H2. The Bertz CT molecular complexity index is 2800. The van der Waals surface area contributed by atoms with Gasteiger partial charge in [-0.25, -0.2) is 4.98 Å². The number of oxazole rings is 1. The zero-order valence-electron chi connectivity index (χ0n) is 26.5. The molecule has 10 aromatic rings. The van der Waals surface area contributed by atoms with Gasteiger partial charge in [0.1, 0.15) is 16.7 Å². The van der Waals surface area contributed by atoms with Crippen molar-refractivity contribution in [3.8, 4) is 22.6 Å². The maximum atomic E-state index is 6.34. The van der Waals surface area contributed by atoms with Gasteiger partial charge in [0, 0.05) is 37.0 Å². The van der Waals surface area contributed by atoms with Gasteiger partial charge in [-0.3, -0.25) is 0 Å². The van der Waals surface area contributed by atoms with Crippen LogP contribution in [-0.4, -0.2) is 4.98 Å². The third-order valence-electron chi connectivity index (χ3n) is 9.74. The van der Waals surface area contributed by atoms with Gasteiger partial charge in [0.05, 0.1) is 5.39 Å². The van der Waals surface area contributed by atoms with E-state index >= 15 is 0 Å². The largest absolute Gasteiger partial charge is 0.456 e. The summed E-state index contributed by atoms with van der Waals surface area (Å²) in [5.41, 5.74) is 10.5. The van der Waals surface area contributed by atoms with E-state index in [0.717, 1.165) is 45.0 Å². The molecule has 10 rings (SSSR count). The van der Waals surface area contributed by atoms with Crippen molar-refractivity contribution in [2.75, 3.05) is 0 Å². The Morgan fingerprint density at radius 3 is 2.14 bits per heavy atom. The van der Waals surface area contributed by atoms with Crippen molar-refractivity contribution >= 4 is 64.5 Å². The molecule has 232 valence electrons. The number of hydrogen-bond donors (Lipinski definition) is 0. The highest BCUT2D eigenvalue weighted by Crippen LogP contribution is 2.39. The minimum atomic E-state index is 0.157. The number of furan rings is 1. The molecule has 0 spiro atoms. The molecule has 7 aromatic carbocycles. The fourth-order valence-corrected chi connectivity index (χ4v) is 8.48. The number of aromatic nitrogens is 1. The first-order valence-electron chi connectivity index (χ1n) is 16.6. The molecular weight excluding hydrogens is 619 g/mol. The van der Waals surface area contributed by atoms with Crippen molar-refractivity contribution in [1.82, 2.24) is 4.98 Å². The minimum absolute atomic E-state index is 0.157. The van der Waals surface area contributed by atoms with Gasteiger partial charge in [-0.2, -0.15) is 0 Å². The Labute approximate surface area is 286 Å². The zero-order chi connectivity index (χ0) is 32.3. The molecule has 4 heteroatoms. The van der Waals surface area contributed by atoms with E-state index < -0.39 is 0 Å². The summed E-state index contributed by atoms with van der Waals surface area (Å²) in [6.45, 7) is 0. The summed E-state index contributed by atoms with van der Waals surface area (Å²) in [7, 11) is 0. The molecule has 0 N–H and O–H groups in total. The zero-order valence-corrected chi connectivity index (χ0v) is 27.3. The van der Waals surface area contributed by atoms with Crippen molar-refractivity contribution in [3.63, 3.8) is 0 Å². The first kappa shape index (κ1) is 28.1. The summed E-state index contributed by atoms with van der Waals surface area (Å²) < 4.78 is 15.1. The van der Waals surface area contributed by atoms with E-state index in [1.807, 2.05) is 41.7 Å². The molecule has 0 aliphatic carbocycles. The Hall–Kier alpha value is -5.97. The van der Waals surface area contributed by atoms with E-state index in [0.29, 0.717) is 5.89 Å². The van der Waals surface area contributed by atoms with Crippen molar-refractivity contribution in [2.24, 2.45) is 0 Å². The third kappa shape index (κ3) is 4.83. The highest BCUT2D eigenvalue weighted by molar-refractivity contribution is 7.25. The monoisotopic (exact) mass is 647 g/mol. The molecule has 0 bridgehead atoms. The number of benzene rings is 7. The average Bonchev–Trinajstić information content (AvgIpc) is 3.87. The maximum absolute atomic E-state index is 6.34. The summed E-state index contributed by atoms with van der Waals surface area (Å²) in [6.07, 6.45) is 0.885. The second kappa shape index (κ2) is 11.3. The van der Waals surface area contributed by atoms with E-state index in [1.165, 1.54) is 48.0 Å². The second-order valence-corrected chi connectivity index (χ2v) is 13.8. The summed E-state index contributed by atoms with van der Waals surface area (Å²) >= 11 is 1.87. The lowest BCUT2D eigenvalue weighted by atomic mass is 9.84. The minimum Gasteiger partial charge on any atom is -0.456 e. The Balaban J connectivity index is 1.05. The van der Waals surface area contributed by atoms with Gasteiger partial charge in [-0.05, 0) is 76.7 Å². The SMILES string of the molecule is c1ccc(-c2cccc(C(Cc3ccc4c(c3)sc3ccccc34)c3ccc(-c4nc5c(ccc6oc7ccccc7c65)o4)cc3)c2)cc1. The van der Waals surface area contributed by atoms with Crippen LogP contribution in [0.4, 0.5) is 0 Å². The van der Waals surface area contributed by atoms with E-state index in [-0.39, 0.29) is 5.92 Å². The van der Waals surface area contributed by atoms with Crippen molar-refractivity contribution in [3.05, 3.63) is 174 Å². The first-order chi connectivity index (χ1) is 24.2. The van der Waals surface area contributed by atoms with E-state index in [1.54, 1.807) is 0 Å². The van der Waals surface area contributed by atoms with E-state index in [9.17, 15) is 0 Å². The number of para-hydroxylation sites is 1. The molecule has 3 aromatic heterocycles. The summed E-state index contributed by atoms with van der Waals surface area (Å²) in [5, 5.41) is 4.70. The molecule has 0 aliphatic rings. The van der Waals surface area contributed by atoms with Gasteiger partial charge in [0.2, 0.25) is 5.89 Å². The summed E-state index contributed by atoms with van der Waals surface area (Å²) in [4.78, 5) is 5.00.